The van der Waals surface area contributed by atoms with Gasteiger partial charge in [-0.05, 0) is 6.42 Å². The first-order valence-electron chi connectivity index (χ1n) is 5.06. The zero-order chi connectivity index (χ0) is 10.4. The molecule has 1 saturated heterocycles. The third-order valence-corrected chi connectivity index (χ3v) is 5.56. The van der Waals surface area contributed by atoms with Gasteiger partial charge in [-0.3, -0.25) is 0 Å². The van der Waals surface area contributed by atoms with Crippen molar-refractivity contribution in [2.75, 3.05) is 33.7 Å². The minimum absolute atomic E-state index is 0.340. The van der Waals surface area contributed by atoms with E-state index in [4.69, 9.17) is 18.3 Å². The van der Waals surface area contributed by atoms with Gasteiger partial charge in [0.2, 0.25) is 0 Å². The van der Waals surface area contributed by atoms with Gasteiger partial charge in [0.1, 0.15) is 0 Å². The fraction of sp³-hybridized carbons (Fsp3) is 1.00. The van der Waals surface area contributed by atoms with Crippen LogP contribution in [0, 0.1) is 0 Å². The van der Waals surface area contributed by atoms with E-state index < -0.39 is 8.56 Å². The van der Waals surface area contributed by atoms with Crippen LogP contribution in [0.25, 0.3) is 0 Å². The van der Waals surface area contributed by atoms with Crippen LogP contribution in [-0.2, 0) is 18.3 Å². The highest BCUT2D eigenvalue weighted by atomic mass is 28.4. The number of ether oxygens (including phenoxy) is 2. The van der Waals surface area contributed by atoms with E-state index >= 15 is 0 Å². The van der Waals surface area contributed by atoms with E-state index in [-0.39, 0.29) is 0 Å². The van der Waals surface area contributed by atoms with Crippen molar-refractivity contribution in [1.82, 2.24) is 0 Å². The molecule has 14 heavy (non-hydrogen) atoms. The zero-order valence-corrected chi connectivity index (χ0v) is 10.2. The average molecular weight is 220 g/mol. The predicted octanol–water partition coefficient (Wildman–Crippen LogP) is 1.09. The van der Waals surface area contributed by atoms with Gasteiger partial charge in [0, 0.05) is 26.9 Å². The molecule has 4 nitrogen and oxygen atoms in total. The van der Waals surface area contributed by atoms with Crippen molar-refractivity contribution in [3.05, 3.63) is 0 Å². The van der Waals surface area contributed by atoms with Gasteiger partial charge in [-0.25, -0.2) is 0 Å². The van der Waals surface area contributed by atoms with Gasteiger partial charge in [0.15, 0.2) is 0 Å². The quantitative estimate of drug-likeness (QED) is 0.349. The van der Waals surface area contributed by atoms with Gasteiger partial charge in [0.05, 0.1) is 18.9 Å². The molecule has 1 fully saturated rings. The standard InChI is InChI=1S/C9H20O4Si/c1-4-5-12-8-14(10-2,11-3)7-9-6-13-9/h9H,4-8H2,1-3H3. The maximum absolute atomic E-state index is 5.51. The monoisotopic (exact) mass is 220 g/mol. The average Bonchev–Trinajstić information content (AvgIpc) is 3.00. The summed E-state index contributed by atoms with van der Waals surface area (Å²) in [6, 6.07) is 0.879. The molecule has 0 bridgehead atoms. The molecule has 1 unspecified atom stereocenters. The highest BCUT2D eigenvalue weighted by Crippen LogP contribution is 2.24. The Morgan fingerprint density at radius 2 is 2.00 bits per heavy atom. The lowest BCUT2D eigenvalue weighted by Crippen LogP contribution is -2.46. The van der Waals surface area contributed by atoms with Crippen molar-refractivity contribution in [3.8, 4) is 0 Å². The molecule has 1 heterocycles. The minimum atomic E-state index is -2.13. The molecule has 0 aliphatic carbocycles. The summed E-state index contributed by atoms with van der Waals surface area (Å²) in [6.07, 6.45) is 1.97. The summed E-state index contributed by atoms with van der Waals surface area (Å²) in [4.78, 5) is 0. The number of hydrogen-bond acceptors (Lipinski definition) is 4. The van der Waals surface area contributed by atoms with Crippen LogP contribution in [0.5, 0.6) is 0 Å². The molecule has 5 heteroatoms. The van der Waals surface area contributed by atoms with Gasteiger partial charge in [-0.2, -0.15) is 0 Å². The van der Waals surface area contributed by atoms with Crippen LogP contribution in [0.4, 0.5) is 0 Å². The molecule has 0 radical (unpaired) electrons. The summed E-state index contributed by atoms with van der Waals surface area (Å²) in [7, 11) is 1.28. The zero-order valence-electron chi connectivity index (χ0n) is 9.25. The molecule has 0 aromatic rings. The summed E-state index contributed by atoms with van der Waals surface area (Å²) in [5, 5.41) is 0. The Morgan fingerprint density at radius 3 is 2.43 bits per heavy atom. The summed E-state index contributed by atoms with van der Waals surface area (Å²) >= 11 is 0. The molecule has 0 N–H and O–H groups in total. The van der Waals surface area contributed by atoms with Crippen molar-refractivity contribution < 1.29 is 18.3 Å². The molecule has 1 aliphatic rings. The number of epoxide rings is 1. The molecule has 0 aromatic carbocycles. The molecular formula is C9H20O4Si. The fourth-order valence-corrected chi connectivity index (χ4v) is 3.57. The predicted molar refractivity (Wildman–Crippen MR) is 55.4 cm³/mol. The van der Waals surface area contributed by atoms with E-state index in [0.29, 0.717) is 12.3 Å². The highest BCUT2D eigenvalue weighted by Gasteiger charge is 2.43. The highest BCUT2D eigenvalue weighted by molar-refractivity contribution is 6.67. The molecule has 1 atom stereocenters. The molecule has 1 rings (SSSR count). The number of rotatable bonds is 8. The second-order valence-electron chi connectivity index (χ2n) is 3.53. The molecule has 84 valence electrons. The van der Waals surface area contributed by atoms with Crippen molar-refractivity contribution in [1.29, 1.82) is 0 Å². The molecule has 0 aromatic heterocycles. The molecule has 0 amide bonds. The van der Waals surface area contributed by atoms with Crippen LogP contribution in [0.2, 0.25) is 6.04 Å². The molecule has 0 spiro atoms. The summed E-state index contributed by atoms with van der Waals surface area (Å²) in [5.41, 5.74) is 0. The lowest BCUT2D eigenvalue weighted by Gasteiger charge is -2.26. The Kier molecular flexibility index (Phi) is 5.04. The Labute approximate surface area is 86.7 Å². The third kappa shape index (κ3) is 3.66. The second kappa shape index (κ2) is 5.82. The van der Waals surface area contributed by atoms with Crippen LogP contribution in [0.3, 0.4) is 0 Å². The Morgan fingerprint density at radius 1 is 1.36 bits per heavy atom. The number of hydrogen-bond donors (Lipinski definition) is 0. The van der Waals surface area contributed by atoms with Crippen molar-refractivity contribution in [2.45, 2.75) is 25.5 Å². The van der Waals surface area contributed by atoms with Gasteiger partial charge < -0.3 is 18.3 Å². The Hall–Kier alpha value is 0.0569. The SMILES string of the molecule is CCCOC[Si](CC1CO1)(OC)OC. The Bertz CT molecular complexity index is 157. The van der Waals surface area contributed by atoms with Crippen LogP contribution in [0.15, 0.2) is 0 Å². The van der Waals surface area contributed by atoms with Gasteiger partial charge in [-0.15, -0.1) is 0 Å². The fourth-order valence-electron chi connectivity index (χ4n) is 1.33. The largest absolute Gasteiger partial charge is 0.396 e. The lowest BCUT2D eigenvalue weighted by atomic mass is 10.5. The van der Waals surface area contributed by atoms with Crippen LogP contribution in [-0.4, -0.2) is 48.3 Å². The van der Waals surface area contributed by atoms with Gasteiger partial charge in [0.25, 0.3) is 0 Å². The van der Waals surface area contributed by atoms with E-state index in [0.717, 1.165) is 25.7 Å². The summed E-state index contributed by atoms with van der Waals surface area (Å²) < 4.78 is 21.7. The van der Waals surface area contributed by atoms with Gasteiger partial charge in [-0.1, -0.05) is 6.92 Å². The van der Waals surface area contributed by atoms with Crippen molar-refractivity contribution in [3.63, 3.8) is 0 Å². The normalized spacial score (nSPS) is 21.2. The van der Waals surface area contributed by atoms with E-state index in [1.54, 1.807) is 14.2 Å². The van der Waals surface area contributed by atoms with Gasteiger partial charge >= 0.3 is 8.56 Å². The molecule has 1 aliphatic heterocycles. The van der Waals surface area contributed by atoms with Crippen molar-refractivity contribution in [2.24, 2.45) is 0 Å². The van der Waals surface area contributed by atoms with E-state index in [9.17, 15) is 0 Å². The van der Waals surface area contributed by atoms with Crippen LogP contribution < -0.4 is 0 Å². The first kappa shape index (κ1) is 12.1. The maximum atomic E-state index is 5.51. The van der Waals surface area contributed by atoms with Crippen LogP contribution in [0.1, 0.15) is 13.3 Å². The smallest absolute Gasteiger partial charge is 0.366 e. The molecule has 0 saturated carbocycles. The summed E-state index contributed by atoms with van der Waals surface area (Å²) in [5.74, 6) is 0. The second-order valence-corrected chi connectivity index (χ2v) is 6.87. The van der Waals surface area contributed by atoms with E-state index in [1.165, 1.54) is 0 Å². The summed E-state index contributed by atoms with van der Waals surface area (Å²) in [6.45, 7) is 3.70. The van der Waals surface area contributed by atoms with E-state index in [1.807, 2.05) is 0 Å². The minimum Gasteiger partial charge on any atom is -0.396 e. The Balaban J connectivity index is 2.32. The van der Waals surface area contributed by atoms with E-state index in [2.05, 4.69) is 6.92 Å². The first-order chi connectivity index (χ1) is 6.76. The first-order valence-corrected chi connectivity index (χ1v) is 7.29. The topological polar surface area (TPSA) is 40.2 Å². The maximum Gasteiger partial charge on any atom is 0.366 e. The van der Waals surface area contributed by atoms with Crippen molar-refractivity contribution >= 4 is 8.56 Å². The van der Waals surface area contributed by atoms with Crippen LogP contribution >= 0.6 is 0 Å². The molecular weight excluding hydrogens is 200 g/mol. The lowest BCUT2D eigenvalue weighted by molar-refractivity contribution is 0.123. The third-order valence-electron chi connectivity index (χ3n) is 2.36.